The van der Waals surface area contributed by atoms with Crippen LogP contribution in [-0.4, -0.2) is 23.7 Å². The molecule has 0 fully saturated rings. The summed E-state index contributed by atoms with van der Waals surface area (Å²) in [6.07, 6.45) is 4.84. The van der Waals surface area contributed by atoms with Gasteiger partial charge >= 0.3 is 0 Å². The lowest BCUT2D eigenvalue weighted by Crippen LogP contribution is -2.25. The first kappa shape index (κ1) is 14.2. The molecule has 6 heteroatoms. The largest absolute Gasteiger partial charge is 0.376 e. The topological polar surface area (TPSA) is 90.2 Å². The van der Waals surface area contributed by atoms with Gasteiger partial charge in [0.05, 0.1) is 24.4 Å². The summed E-state index contributed by atoms with van der Waals surface area (Å²) in [6.45, 7) is 0.0968. The van der Waals surface area contributed by atoms with E-state index in [0.29, 0.717) is 5.56 Å². The lowest BCUT2D eigenvalue weighted by molar-refractivity contribution is -0.119. The molecule has 0 aliphatic rings. The van der Waals surface area contributed by atoms with Crippen LogP contribution in [0.4, 0.5) is 5.69 Å². The van der Waals surface area contributed by atoms with Crippen LogP contribution in [0.25, 0.3) is 0 Å². The van der Waals surface area contributed by atoms with Gasteiger partial charge in [0.25, 0.3) is 5.91 Å². The molecule has 0 bridgehead atoms. The van der Waals surface area contributed by atoms with Gasteiger partial charge in [0.1, 0.15) is 0 Å². The minimum atomic E-state index is -0.260. The van der Waals surface area contributed by atoms with Gasteiger partial charge in [-0.2, -0.15) is 10.4 Å². The molecule has 2 rings (SSSR count). The van der Waals surface area contributed by atoms with Gasteiger partial charge in [0.2, 0.25) is 0 Å². The Morgan fingerprint density at radius 1 is 1.24 bits per heavy atom. The second kappa shape index (κ2) is 7.40. The van der Waals surface area contributed by atoms with Crippen molar-refractivity contribution in [2.45, 2.75) is 0 Å². The summed E-state index contributed by atoms with van der Waals surface area (Å²) in [5, 5.41) is 15.5. The van der Waals surface area contributed by atoms with Crippen molar-refractivity contribution in [1.82, 2.24) is 10.4 Å². The third kappa shape index (κ3) is 4.76. The predicted octanol–water partition coefficient (Wildman–Crippen LogP) is 1.52. The monoisotopic (exact) mass is 279 g/mol. The SMILES string of the molecule is N#Cc1ccc(NCC(=O)N/N=C/c2ccncc2)cc1. The number of nitrogens with one attached hydrogen (secondary N) is 2. The lowest BCUT2D eigenvalue weighted by atomic mass is 10.2. The first-order valence-electron chi connectivity index (χ1n) is 6.24. The quantitative estimate of drug-likeness (QED) is 0.641. The predicted molar refractivity (Wildman–Crippen MR) is 79.6 cm³/mol. The van der Waals surface area contributed by atoms with Crippen LogP contribution in [-0.2, 0) is 4.79 Å². The molecular formula is C15H13N5O. The number of nitriles is 1. The number of aromatic nitrogens is 1. The Balaban J connectivity index is 1.77. The highest BCUT2D eigenvalue weighted by molar-refractivity contribution is 5.84. The molecule has 1 aromatic carbocycles. The molecule has 2 aromatic rings. The zero-order valence-electron chi connectivity index (χ0n) is 11.2. The van der Waals surface area contributed by atoms with E-state index in [-0.39, 0.29) is 12.5 Å². The molecule has 0 spiro atoms. The number of rotatable bonds is 5. The number of hydrogen-bond acceptors (Lipinski definition) is 5. The molecule has 0 saturated carbocycles. The van der Waals surface area contributed by atoms with Crippen molar-refractivity contribution in [3.8, 4) is 6.07 Å². The van der Waals surface area contributed by atoms with Gasteiger partial charge < -0.3 is 5.32 Å². The van der Waals surface area contributed by atoms with Crippen LogP contribution >= 0.6 is 0 Å². The molecule has 0 aliphatic heterocycles. The Bertz CT molecular complexity index is 659. The van der Waals surface area contributed by atoms with Crippen molar-refractivity contribution >= 4 is 17.8 Å². The molecule has 0 unspecified atom stereocenters. The highest BCUT2D eigenvalue weighted by Crippen LogP contribution is 2.07. The molecule has 2 N–H and O–H groups in total. The molecule has 1 amide bonds. The summed E-state index contributed by atoms with van der Waals surface area (Å²) in [6, 6.07) is 12.4. The third-order valence-corrected chi connectivity index (χ3v) is 2.58. The first-order valence-corrected chi connectivity index (χ1v) is 6.24. The molecule has 0 saturated heterocycles. The number of carbonyl (C=O) groups is 1. The average Bonchev–Trinajstić information content (AvgIpc) is 2.54. The number of benzene rings is 1. The standard InChI is InChI=1S/C15H13N5O/c16-9-12-1-3-14(4-2-12)18-11-15(21)20-19-10-13-5-7-17-8-6-13/h1-8,10,18H,11H2,(H,20,21)/b19-10+. The van der Waals surface area contributed by atoms with Crippen molar-refractivity contribution in [2.75, 3.05) is 11.9 Å². The van der Waals surface area contributed by atoms with Gasteiger partial charge in [-0.3, -0.25) is 9.78 Å². The van der Waals surface area contributed by atoms with E-state index in [4.69, 9.17) is 5.26 Å². The average molecular weight is 279 g/mol. The van der Waals surface area contributed by atoms with Crippen LogP contribution in [0.1, 0.15) is 11.1 Å². The van der Waals surface area contributed by atoms with Gasteiger partial charge in [-0.05, 0) is 42.0 Å². The smallest absolute Gasteiger partial charge is 0.259 e. The minimum Gasteiger partial charge on any atom is -0.376 e. The number of nitrogens with zero attached hydrogens (tertiary/aromatic N) is 3. The first-order chi connectivity index (χ1) is 10.3. The molecule has 0 atom stereocenters. The van der Waals surface area contributed by atoms with Crippen molar-refractivity contribution < 1.29 is 4.79 Å². The van der Waals surface area contributed by atoms with Crippen LogP contribution in [0, 0.1) is 11.3 Å². The zero-order valence-corrected chi connectivity index (χ0v) is 11.2. The van der Waals surface area contributed by atoms with Crippen molar-refractivity contribution in [2.24, 2.45) is 5.10 Å². The molecule has 1 aromatic heterocycles. The fourth-order valence-electron chi connectivity index (χ4n) is 1.51. The van der Waals surface area contributed by atoms with Crippen LogP contribution in [0.15, 0.2) is 53.9 Å². The Labute approximate surface area is 122 Å². The maximum absolute atomic E-state index is 11.6. The minimum absolute atomic E-state index is 0.0968. The molecule has 21 heavy (non-hydrogen) atoms. The maximum atomic E-state index is 11.6. The molecule has 1 heterocycles. The van der Waals surface area contributed by atoms with E-state index in [2.05, 4.69) is 20.8 Å². The molecule has 6 nitrogen and oxygen atoms in total. The maximum Gasteiger partial charge on any atom is 0.259 e. The fourth-order valence-corrected chi connectivity index (χ4v) is 1.51. The van der Waals surface area contributed by atoms with Crippen molar-refractivity contribution in [1.29, 1.82) is 5.26 Å². The van der Waals surface area contributed by atoms with E-state index in [1.807, 2.05) is 6.07 Å². The molecular weight excluding hydrogens is 266 g/mol. The van der Waals surface area contributed by atoms with Gasteiger partial charge in [-0.15, -0.1) is 0 Å². The summed E-state index contributed by atoms with van der Waals surface area (Å²) in [4.78, 5) is 15.5. The number of amides is 1. The van der Waals surface area contributed by atoms with Gasteiger partial charge in [0.15, 0.2) is 0 Å². The van der Waals surface area contributed by atoms with Crippen LogP contribution in [0.2, 0.25) is 0 Å². The van der Waals surface area contributed by atoms with E-state index >= 15 is 0 Å². The lowest BCUT2D eigenvalue weighted by Gasteiger charge is -2.04. The van der Waals surface area contributed by atoms with Crippen molar-refractivity contribution in [3.63, 3.8) is 0 Å². The Morgan fingerprint density at radius 2 is 1.95 bits per heavy atom. The highest BCUT2D eigenvalue weighted by atomic mass is 16.2. The van der Waals surface area contributed by atoms with Crippen LogP contribution in [0.3, 0.4) is 0 Å². The second-order valence-electron chi connectivity index (χ2n) is 4.12. The summed E-state index contributed by atoms with van der Waals surface area (Å²) >= 11 is 0. The normalized spacial score (nSPS) is 10.0. The van der Waals surface area contributed by atoms with E-state index in [1.54, 1.807) is 55.0 Å². The molecule has 0 aliphatic carbocycles. The van der Waals surface area contributed by atoms with E-state index in [0.717, 1.165) is 11.3 Å². The van der Waals surface area contributed by atoms with Gasteiger partial charge in [-0.25, -0.2) is 5.43 Å². The summed E-state index contributed by atoms with van der Waals surface area (Å²) in [5.74, 6) is -0.260. The van der Waals surface area contributed by atoms with E-state index in [1.165, 1.54) is 0 Å². The van der Waals surface area contributed by atoms with Gasteiger partial charge in [-0.1, -0.05) is 0 Å². The van der Waals surface area contributed by atoms with Gasteiger partial charge in [0, 0.05) is 18.1 Å². The van der Waals surface area contributed by atoms with Crippen LogP contribution < -0.4 is 10.7 Å². The molecule has 0 radical (unpaired) electrons. The Morgan fingerprint density at radius 3 is 2.62 bits per heavy atom. The fraction of sp³-hybridized carbons (Fsp3) is 0.0667. The zero-order chi connectivity index (χ0) is 14.9. The highest BCUT2D eigenvalue weighted by Gasteiger charge is 1.99. The summed E-state index contributed by atoms with van der Waals surface area (Å²) in [7, 11) is 0. The number of carbonyl (C=O) groups excluding carboxylic acids is 1. The second-order valence-corrected chi connectivity index (χ2v) is 4.12. The number of anilines is 1. The Hall–Kier alpha value is -3.20. The Kier molecular flexibility index (Phi) is 5.01. The van der Waals surface area contributed by atoms with Crippen LogP contribution in [0.5, 0.6) is 0 Å². The molecule has 104 valence electrons. The number of pyridine rings is 1. The van der Waals surface area contributed by atoms with E-state index in [9.17, 15) is 4.79 Å². The van der Waals surface area contributed by atoms with Crippen molar-refractivity contribution in [3.05, 3.63) is 59.9 Å². The number of hydrogen-bond donors (Lipinski definition) is 2. The summed E-state index contributed by atoms with van der Waals surface area (Å²) < 4.78 is 0. The third-order valence-electron chi connectivity index (χ3n) is 2.58. The summed E-state index contributed by atoms with van der Waals surface area (Å²) in [5.41, 5.74) is 4.61. The van der Waals surface area contributed by atoms with E-state index < -0.39 is 0 Å². The number of hydrazone groups is 1.